The molecule has 0 saturated carbocycles. The highest BCUT2D eigenvalue weighted by Gasteiger charge is 1.87. The van der Waals surface area contributed by atoms with E-state index in [1.54, 1.807) is 0 Å². The Morgan fingerprint density at radius 1 is 0.917 bits per heavy atom. The molecule has 76 valence electrons. The molecule has 0 aliphatic heterocycles. The highest BCUT2D eigenvalue weighted by Crippen LogP contribution is 1.83. The minimum Gasteiger partial charge on any atom is -0.315 e. The summed E-state index contributed by atoms with van der Waals surface area (Å²) in [5.74, 6) is 0. The number of hydrogen-bond acceptors (Lipinski definition) is 1. The van der Waals surface area contributed by atoms with Crippen molar-refractivity contribution in [3.63, 3.8) is 0 Å². The minimum absolute atomic E-state index is 0.654. The van der Waals surface area contributed by atoms with E-state index in [0.29, 0.717) is 6.04 Å². The van der Waals surface area contributed by atoms with Gasteiger partial charge >= 0.3 is 0 Å². The van der Waals surface area contributed by atoms with Gasteiger partial charge in [-0.2, -0.15) is 0 Å². The second kappa shape index (κ2) is 13.5. The molecule has 0 atom stereocenters. The zero-order valence-electron chi connectivity index (χ0n) is 9.61. The maximum Gasteiger partial charge on any atom is 0.00103 e. The molecule has 12 heavy (non-hydrogen) atoms. The summed E-state index contributed by atoms with van der Waals surface area (Å²) in [6, 6.07) is 0.654. The van der Waals surface area contributed by atoms with Gasteiger partial charge in [0.1, 0.15) is 0 Å². The van der Waals surface area contributed by atoms with Crippen molar-refractivity contribution in [2.75, 3.05) is 6.54 Å². The number of hydrogen-bond donors (Lipinski definition) is 1. The summed E-state index contributed by atoms with van der Waals surface area (Å²) in [7, 11) is 0. The predicted molar refractivity (Wildman–Crippen MR) is 58.6 cm³/mol. The molecule has 0 aliphatic rings. The van der Waals surface area contributed by atoms with E-state index in [9.17, 15) is 0 Å². The van der Waals surface area contributed by atoms with Crippen molar-refractivity contribution >= 4 is 0 Å². The van der Waals surface area contributed by atoms with E-state index in [-0.39, 0.29) is 0 Å². The maximum absolute atomic E-state index is 3.35. The van der Waals surface area contributed by atoms with E-state index < -0.39 is 0 Å². The van der Waals surface area contributed by atoms with Crippen molar-refractivity contribution in [3.8, 4) is 0 Å². The van der Waals surface area contributed by atoms with Crippen LogP contribution in [-0.4, -0.2) is 12.6 Å². The lowest BCUT2D eigenvalue weighted by Gasteiger charge is -2.05. The molecule has 0 amide bonds. The molecule has 0 heterocycles. The largest absolute Gasteiger partial charge is 0.315 e. The van der Waals surface area contributed by atoms with E-state index in [4.69, 9.17) is 0 Å². The molecule has 0 aromatic carbocycles. The monoisotopic (exact) mass is 173 g/mol. The van der Waals surface area contributed by atoms with Crippen molar-refractivity contribution in [1.29, 1.82) is 0 Å². The van der Waals surface area contributed by atoms with Crippen LogP contribution in [0.15, 0.2) is 0 Å². The Morgan fingerprint density at radius 2 is 1.42 bits per heavy atom. The Morgan fingerprint density at radius 3 is 1.67 bits per heavy atom. The van der Waals surface area contributed by atoms with E-state index >= 15 is 0 Å². The van der Waals surface area contributed by atoms with Gasteiger partial charge in [0.05, 0.1) is 0 Å². The molecule has 0 aliphatic carbocycles. The summed E-state index contributed by atoms with van der Waals surface area (Å²) in [4.78, 5) is 0. The topological polar surface area (TPSA) is 12.0 Å². The second-order valence-corrected chi connectivity index (χ2v) is 3.46. The SMILES string of the molecule is CCCC.CCCCNC(C)C. The zero-order chi connectivity index (χ0) is 9.82. The molecule has 0 unspecified atom stereocenters. The Bertz CT molecular complexity index is 58.0. The standard InChI is InChI=1S/C7H17N.C4H10/c1-4-5-6-8-7(2)3;1-3-4-2/h7-8H,4-6H2,1-3H3;3-4H2,1-2H3. The van der Waals surface area contributed by atoms with Crippen LogP contribution in [0, 0.1) is 0 Å². The highest BCUT2D eigenvalue weighted by atomic mass is 14.9. The predicted octanol–water partition coefficient (Wildman–Crippen LogP) is 3.59. The highest BCUT2D eigenvalue weighted by molar-refractivity contribution is 4.50. The molecule has 1 heteroatoms. The smallest absolute Gasteiger partial charge is 0.00103 e. The Balaban J connectivity index is 0. The number of unbranched alkanes of at least 4 members (excludes halogenated alkanes) is 2. The lowest BCUT2D eigenvalue weighted by atomic mass is 10.3. The number of rotatable bonds is 5. The van der Waals surface area contributed by atoms with Gasteiger partial charge in [-0.3, -0.25) is 0 Å². The third kappa shape index (κ3) is 22.5. The van der Waals surface area contributed by atoms with Gasteiger partial charge in [0.2, 0.25) is 0 Å². The van der Waals surface area contributed by atoms with E-state index in [0.717, 1.165) is 0 Å². The first kappa shape index (κ1) is 14.5. The molecule has 1 N–H and O–H groups in total. The quantitative estimate of drug-likeness (QED) is 0.626. The summed E-state index contributed by atoms with van der Waals surface area (Å²) < 4.78 is 0. The fraction of sp³-hybridized carbons (Fsp3) is 1.00. The van der Waals surface area contributed by atoms with Gasteiger partial charge in [0.25, 0.3) is 0 Å². The average molecular weight is 173 g/mol. The first-order chi connectivity index (χ1) is 5.68. The Kier molecular flexibility index (Phi) is 16.3. The molecular formula is C11H27N. The van der Waals surface area contributed by atoms with Crippen LogP contribution in [0.5, 0.6) is 0 Å². The Hall–Kier alpha value is -0.0400. The third-order valence-corrected chi connectivity index (χ3v) is 1.58. The molecule has 0 aromatic heterocycles. The van der Waals surface area contributed by atoms with Gasteiger partial charge in [-0.15, -0.1) is 0 Å². The van der Waals surface area contributed by atoms with E-state index in [1.165, 1.54) is 32.2 Å². The summed E-state index contributed by atoms with van der Waals surface area (Å²) in [5.41, 5.74) is 0. The maximum atomic E-state index is 3.35. The van der Waals surface area contributed by atoms with E-state index in [2.05, 4.69) is 39.9 Å². The molecule has 0 aromatic rings. The minimum atomic E-state index is 0.654. The van der Waals surface area contributed by atoms with Crippen molar-refractivity contribution in [3.05, 3.63) is 0 Å². The molecular weight excluding hydrogens is 146 g/mol. The molecule has 0 rings (SSSR count). The zero-order valence-corrected chi connectivity index (χ0v) is 9.61. The lowest BCUT2D eigenvalue weighted by Crippen LogP contribution is -2.23. The van der Waals surface area contributed by atoms with Gasteiger partial charge in [-0.05, 0) is 13.0 Å². The van der Waals surface area contributed by atoms with E-state index in [1.807, 2.05) is 0 Å². The average Bonchev–Trinajstić information content (AvgIpc) is 2.05. The molecule has 0 saturated heterocycles. The van der Waals surface area contributed by atoms with Crippen LogP contribution in [-0.2, 0) is 0 Å². The van der Waals surface area contributed by atoms with Crippen LogP contribution in [0.4, 0.5) is 0 Å². The number of nitrogens with one attached hydrogen (secondary N) is 1. The second-order valence-electron chi connectivity index (χ2n) is 3.46. The van der Waals surface area contributed by atoms with Gasteiger partial charge in [0.15, 0.2) is 0 Å². The first-order valence-electron chi connectivity index (χ1n) is 5.42. The summed E-state index contributed by atoms with van der Waals surface area (Å²) >= 11 is 0. The molecule has 1 nitrogen and oxygen atoms in total. The van der Waals surface area contributed by atoms with Gasteiger partial charge in [0, 0.05) is 6.04 Å². The Labute approximate surface area is 78.9 Å². The fourth-order valence-electron chi connectivity index (χ4n) is 0.568. The molecule has 0 fully saturated rings. The van der Waals surface area contributed by atoms with Crippen LogP contribution < -0.4 is 5.32 Å². The van der Waals surface area contributed by atoms with Gasteiger partial charge in [-0.25, -0.2) is 0 Å². The van der Waals surface area contributed by atoms with Crippen LogP contribution >= 0.6 is 0 Å². The molecule has 0 radical (unpaired) electrons. The van der Waals surface area contributed by atoms with Crippen LogP contribution in [0.25, 0.3) is 0 Å². The summed E-state index contributed by atoms with van der Waals surface area (Å²) in [6.07, 6.45) is 5.23. The van der Waals surface area contributed by atoms with Crippen molar-refractivity contribution in [2.45, 2.75) is 66.3 Å². The first-order valence-corrected chi connectivity index (χ1v) is 5.42. The van der Waals surface area contributed by atoms with Gasteiger partial charge < -0.3 is 5.32 Å². The van der Waals surface area contributed by atoms with Gasteiger partial charge in [-0.1, -0.05) is 53.9 Å². The van der Waals surface area contributed by atoms with Crippen LogP contribution in [0.1, 0.15) is 60.3 Å². The van der Waals surface area contributed by atoms with Crippen molar-refractivity contribution in [1.82, 2.24) is 5.32 Å². The molecule has 0 bridgehead atoms. The summed E-state index contributed by atoms with van der Waals surface area (Å²) in [6.45, 7) is 12.1. The lowest BCUT2D eigenvalue weighted by molar-refractivity contribution is 0.566. The summed E-state index contributed by atoms with van der Waals surface area (Å²) in [5, 5.41) is 3.35. The van der Waals surface area contributed by atoms with Crippen LogP contribution in [0.3, 0.4) is 0 Å². The molecule has 0 spiro atoms. The third-order valence-electron chi connectivity index (χ3n) is 1.58. The normalized spacial score (nSPS) is 9.50. The van der Waals surface area contributed by atoms with Crippen molar-refractivity contribution in [2.24, 2.45) is 0 Å². The van der Waals surface area contributed by atoms with Crippen LogP contribution in [0.2, 0.25) is 0 Å². The fourth-order valence-corrected chi connectivity index (χ4v) is 0.568. The van der Waals surface area contributed by atoms with Crippen molar-refractivity contribution < 1.29 is 0 Å².